The minimum atomic E-state index is 0.186. The molecule has 2 aromatic rings. The van der Waals surface area contributed by atoms with E-state index in [-0.39, 0.29) is 6.04 Å². The molecule has 0 fully saturated rings. The summed E-state index contributed by atoms with van der Waals surface area (Å²) in [5.41, 5.74) is 9.38. The van der Waals surface area contributed by atoms with Gasteiger partial charge in [-0.25, -0.2) is 0 Å². The first kappa shape index (κ1) is 13.6. The Labute approximate surface area is 115 Å². The molecule has 0 saturated heterocycles. The summed E-state index contributed by atoms with van der Waals surface area (Å²) in [7, 11) is 0. The number of hydrogen-bond donors (Lipinski definition) is 1. The molecular formula is C17H21NO. The minimum absolute atomic E-state index is 0.186. The zero-order chi connectivity index (χ0) is 13.8. The van der Waals surface area contributed by atoms with Gasteiger partial charge in [0.25, 0.3) is 0 Å². The average molecular weight is 255 g/mol. The third kappa shape index (κ3) is 3.83. The van der Waals surface area contributed by atoms with Crippen LogP contribution < -0.4 is 10.5 Å². The molecule has 0 aliphatic heterocycles. The Morgan fingerprint density at radius 3 is 2.37 bits per heavy atom. The van der Waals surface area contributed by atoms with Gasteiger partial charge >= 0.3 is 0 Å². The first-order valence-electron chi connectivity index (χ1n) is 6.64. The predicted molar refractivity (Wildman–Crippen MR) is 79.8 cm³/mol. The number of nitrogens with two attached hydrogens (primary N) is 1. The Bertz CT molecular complexity index is 544. The lowest BCUT2D eigenvalue weighted by atomic mass is 10.1. The fraction of sp³-hybridized carbons (Fsp3) is 0.294. The molecule has 0 aliphatic rings. The maximum Gasteiger partial charge on any atom is 0.130 e. The van der Waals surface area contributed by atoms with E-state index in [1.165, 1.54) is 11.1 Å². The van der Waals surface area contributed by atoms with Gasteiger partial charge in [-0.3, -0.25) is 0 Å². The number of rotatable bonds is 4. The molecule has 0 amide bonds. The van der Waals surface area contributed by atoms with Crippen LogP contribution in [0.15, 0.2) is 42.5 Å². The third-order valence-electron chi connectivity index (χ3n) is 3.05. The molecule has 0 heterocycles. The Kier molecular flexibility index (Phi) is 4.23. The second-order valence-electron chi connectivity index (χ2n) is 5.20. The summed E-state index contributed by atoms with van der Waals surface area (Å²) in [5.74, 6) is 1.78. The van der Waals surface area contributed by atoms with E-state index in [1.54, 1.807) is 0 Å². The Morgan fingerprint density at radius 2 is 1.74 bits per heavy atom. The first-order valence-corrected chi connectivity index (χ1v) is 6.64. The highest BCUT2D eigenvalue weighted by Gasteiger charge is 2.03. The standard InChI is InChI=1S/C17H21NO/c1-12-4-5-13(2)17(10-12)19-16-8-6-15(7-9-16)11-14(3)18/h4-10,14H,11,18H2,1-3H3. The van der Waals surface area contributed by atoms with Crippen LogP contribution in [0.5, 0.6) is 11.5 Å². The summed E-state index contributed by atoms with van der Waals surface area (Å²) in [6.45, 7) is 6.14. The molecule has 1 unspecified atom stereocenters. The average Bonchev–Trinajstić information content (AvgIpc) is 2.35. The van der Waals surface area contributed by atoms with Gasteiger partial charge in [0, 0.05) is 6.04 Å². The van der Waals surface area contributed by atoms with E-state index in [0.717, 1.165) is 23.5 Å². The normalized spacial score (nSPS) is 12.2. The molecule has 0 spiro atoms. The largest absolute Gasteiger partial charge is 0.457 e. The van der Waals surface area contributed by atoms with Gasteiger partial charge in [0.2, 0.25) is 0 Å². The Hall–Kier alpha value is -1.80. The summed E-state index contributed by atoms with van der Waals surface area (Å²) in [6, 6.07) is 14.6. The molecule has 0 saturated carbocycles. The first-order chi connectivity index (χ1) is 9.04. The summed E-state index contributed by atoms with van der Waals surface area (Å²) in [5, 5.41) is 0. The third-order valence-corrected chi connectivity index (χ3v) is 3.05. The molecule has 2 aromatic carbocycles. The summed E-state index contributed by atoms with van der Waals surface area (Å²) < 4.78 is 5.92. The molecule has 2 N–H and O–H groups in total. The van der Waals surface area contributed by atoms with Crippen LogP contribution in [-0.2, 0) is 6.42 Å². The topological polar surface area (TPSA) is 35.2 Å². The zero-order valence-corrected chi connectivity index (χ0v) is 11.8. The van der Waals surface area contributed by atoms with E-state index in [0.29, 0.717) is 0 Å². The van der Waals surface area contributed by atoms with Gasteiger partial charge in [-0.2, -0.15) is 0 Å². The maximum atomic E-state index is 5.92. The fourth-order valence-electron chi connectivity index (χ4n) is 2.01. The molecule has 1 atom stereocenters. The quantitative estimate of drug-likeness (QED) is 0.896. The predicted octanol–water partition coefficient (Wildman–Crippen LogP) is 3.99. The lowest BCUT2D eigenvalue weighted by Gasteiger charge is -2.11. The molecular weight excluding hydrogens is 234 g/mol. The Balaban J connectivity index is 2.13. The van der Waals surface area contributed by atoms with Crippen molar-refractivity contribution in [2.75, 3.05) is 0 Å². The van der Waals surface area contributed by atoms with Crippen molar-refractivity contribution >= 4 is 0 Å². The van der Waals surface area contributed by atoms with Crippen molar-refractivity contribution in [2.45, 2.75) is 33.2 Å². The van der Waals surface area contributed by atoms with Crippen molar-refractivity contribution in [3.63, 3.8) is 0 Å². The smallest absolute Gasteiger partial charge is 0.130 e. The molecule has 2 nitrogen and oxygen atoms in total. The van der Waals surface area contributed by atoms with Gasteiger partial charge in [0.1, 0.15) is 11.5 Å². The summed E-state index contributed by atoms with van der Waals surface area (Å²) in [6.07, 6.45) is 0.893. The molecule has 0 radical (unpaired) electrons. The van der Waals surface area contributed by atoms with Crippen LogP contribution in [0.1, 0.15) is 23.6 Å². The fourth-order valence-corrected chi connectivity index (χ4v) is 2.01. The molecule has 2 rings (SSSR count). The van der Waals surface area contributed by atoms with E-state index in [1.807, 2.05) is 19.1 Å². The van der Waals surface area contributed by atoms with Gasteiger partial charge in [-0.15, -0.1) is 0 Å². The van der Waals surface area contributed by atoms with Crippen molar-refractivity contribution in [1.29, 1.82) is 0 Å². The highest BCUT2D eigenvalue weighted by Crippen LogP contribution is 2.26. The van der Waals surface area contributed by atoms with Crippen LogP contribution in [0.4, 0.5) is 0 Å². The Morgan fingerprint density at radius 1 is 1.05 bits per heavy atom. The summed E-state index contributed by atoms with van der Waals surface area (Å²) in [4.78, 5) is 0. The van der Waals surface area contributed by atoms with E-state index in [2.05, 4.69) is 44.2 Å². The van der Waals surface area contributed by atoms with Gasteiger partial charge in [0.05, 0.1) is 0 Å². The number of hydrogen-bond acceptors (Lipinski definition) is 2. The van der Waals surface area contributed by atoms with E-state index >= 15 is 0 Å². The van der Waals surface area contributed by atoms with Crippen molar-refractivity contribution in [2.24, 2.45) is 5.73 Å². The summed E-state index contributed by atoms with van der Waals surface area (Å²) >= 11 is 0. The van der Waals surface area contributed by atoms with E-state index in [4.69, 9.17) is 10.5 Å². The monoisotopic (exact) mass is 255 g/mol. The molecule has 100 valence electrons. The van der Waals surface area contributed by atoms with Crippen LogP contribution >= 0.6 is 0 Å². The second kappa shape index (κ2) is 5.89. The van der Waals surface area contributed by atoms with Crippen molar-refractivity contribution in [3.8, 4) is 11.5 Å². The second-order valence-corrected chi connectivity index (χ2v) is 5.20. The van der Waals surface area contributed by atoms with Crippen LogP contribution in [0, 0.1) is 13.8 Å². The van der Waals surface area contributed by atoms with Crippen molar-refractivity contribution in [1.82, 2.24) is 0 Å². The molecule has 19 heavy (non-hydrogen) atoms. The van der Waals surface area contributed by atoms with Crippen LogP contribution in [0.25, 0.3) is 0 Å². The van der Waals surface area contributed by atoms with E-state index in [9.17, 15) is 0 Å². The minimum Gasteiger partial charge on any atom is -0.457 e. The molecule has 2 heteroatoms. The maximum absolute atomic E-state index is 5.92. The van der Waals surface area contributed by atoms with E-state index < -0.39 is 0 Å². The van der Waals surface area contributed by atoms with Gasteiger partial charge in [-0.1, -0.05) is 24.3 Å². The highest BCUT2D eigenvalue weighted by molar-refractivity contribution is 5.40. The van der Waals surface area contributed by atoms with Gasteiger partial charge < -0.3 is 10.5 Å². The van der Waals surface area contributed by atoms with Crippen LogP contribution in [0.2, 0.25) is 0 Å². The van der Waals surface area contributed by atoms with Crippen LogP contribution in [0.3, 0.4) is 0 Å². The molecule has 0 aliphatic carbocycles. The molecule has 0 bridgehead atoms. The number of ether oxygens (including phenoxy) is 1. The van der Waals surface area contributed by atoms with Gasteiger partial charge in [0.15, 0.2) is 0 Å². The SMILES string of the molecule is Cc1ccc(C)c(Oc2ccc(CC(C)N)cc2)c1. The van der Waals surface area contributed by atoms with Gasteiger partial charge in [-0.05, 0) is 62.1 Å². The van der Waals surface area contributed by atoms with Crippen molar-refractivity contribution in [3.05, 3.63) is 59.2 Å². The molecule has 0 aromatic heterocycles. The number of aryl methyl sites for hydroxylation is 2. The van der Waals surface area contributed by atoms with Crippen molar-refractivity contribution < 1.29 is 4.74 Å². The number of benzene rings is 2. The lowest BCUT2D eigenvalue weighted by Crippen LogP contribution is -2.17. The zero-order valence-electron chi connectivity index (χ0n) is 11.8. The lowest BCUT2D eigenvalue weighted by molar-refractivity contribution is 0.478. The highest BCUT2D eigenvalue weighted by atomic mass is 16.5. The van der Waals surface area contributed by atoms with Crippen LogP contribution in [-0.4, -0.2) is 6.04 Å².